The maximum Gasteiger partial charge on any atom is 0.410 e. The quantitative estimate of drug-likeness (QED) is 0.505. The first kappa shape index (κ1) is 24.9. The number of hydrogen-bond acceptors (Lipinski definition) is 5. The Bertz CT molecular complexity index is 752. The molecule has 2 rings (SSSR count). The number of rotatable bonds is 7. The van der Waals surface area contributed by atoms with Crippen LogP contribution in [0.5, 0.6) is 0 Å². The van der Waals surface area contributed by atoms with Crippen molar-refractivity contribution < 1.29 is 9.53 Å². The normalized spacial score (nSPS) is 17.8. The number of carbonyl (C=O) groups excluding carboxylic acids is 1. The average Bonchev–Trinajstić information content (AvgIpc) is 3.08. The summed E-state index contributed by atoms with van der Waals surface area (Å²) in [7, 11) is 1.76. The van der Waals surface area contributed by atoms with Gasteiger partial charge in [-0.2, -0.15) is 5.10 Å². The average molecular weight is 436 g/mol. The van der Waals surface area contributed by atoms with Gasteiger partial charge in [-0.15, -0.1) is 0 Å². The van der Waals surface area contributed by atoms with E-state index in [0.717, 1.165) is 43.5 Å². The number of fused-ring (bicyclic) bond motifs is 1. The maximum absolute atomic E-state index is 12.2. The largest absolute Gasteiger partial charge is 0.444 e. The van der Waals surface area contributed by atoms with Gasteiger partial charge in [0.25, 0.3) is 0 Å². The van der Waals surface area contributed by atoms with Gasteiger partial charge in [0.2, 0.25) is 0 Å². The van der Waals surface area contributed by atoms with Gasteiger partial charge in [-0.25, -0.2) is 14.5 Å². The highest BCUT2D eigenvalue weighted by atomic mass is 16.6. The SMILES string of the molecule is CCNC(=NCC(C)CN(C)C(=O)OC(C)(C)C)NC1CCc2nc(C(C)C)nn2C1. The fourth-order valence-electron chi connectivity index (χ4n) is 3.39. The predicted octanol–water partition coefficient (Wildman–Crippen LogP) is 2.77. The molecule has 0 aliphatic carbocycles. The number of amides is 1. The Hall–Kier alpha value is -2.32. The van der Waals surface area contributed by atoms with Gasteiger partial charge in [-0.1, -0.05) is 20.8 Å². The summed E-state index contributed by atoms with van der Waals surface area (Å²) in [5, 5.41) is 11.5. The highest BCUT2D eigenvalue weighted by Crippen LogP contribution is 2.17. The Labute approximate surface area is 187 Å². The minimum Gasteiger partial charge on any atom is -0.444 e. The van der Waals surface area contributed by atoms with E-state index in [1.54, 1.807) is 11.9 Å². The molecule has 0 radical (unpaired) electrons. The summed E-state index contributed by atoms with van der Waals surface area (Å²) in [4.78, 5) is 23.2. The summed E-state index contributed by atoms with van der Waals surface area (Å²) < 4.78 is 7.45. The number of carbonyl (C=O) groups is 1. The second-order valence-electron chi connectivity index (χ2n) is 9.79. The molecular weight excluding hydrogens is 394 g/mol. The topological polar surface area (TPSA) is 96.7 Å². The van der Waals surface area contributed by atoms with Crippen molar-refractivity contribution in [2.24, 2.45) is 10.9 Å². The van der Waals surface area contributed by atoms with Crippen LogP contribution in [0.25, 0.3) is 0 Å². The van der Waals surface area contributed by atoms with Crippen LogP contribution in [0.3, 0.4) is 0 Å². The first-order chi connectivity index (χ1) is 14.5. The highest BCUT2D eigenvalue weighted by Gasteiger charge is 2.24. The number of nitrogens with one attached hydrogen (secondary N) is 2. The summed E-state index contributed by atoms with van der Waals surface area (Å²) in [6.45, 7) is 16.8. The molecule has 1 amide bonds. The second-order valence-corrected chi connectivity index (χ2v) is 9.79. The number of aryl methyl sites for hydroxylation is 1. The summed E-state index contributed by atoms with van der Waals surface area (Å²) in [5.74, 6) is 3.33. The third-order valence-corrected chi connectivity index (χ3v) is 4.93. The highest BCUT2D eigenvalue weighted by molar-refractivity contribution is 5.80. The van der Waals surface area contributed by atoms with Crippen molar-refractivity contribution in [3.63, 3.8) is 0 Å². The fraction of sp³-hybridized carbons (Fsp3) is 0.818. The van der Waals surface area contributed by atoms with E-state index in [4.69, 9.17) is 9.73 Å². The number of aliphatic imine (C=N–C) groups is 1. The Balaban J connectivity index is 1.90. The van der Waals surface area contributed by atoms with Crippen LogP contribution in [-0.2, 0) is 17.7 Å². The zero-order chi connectivity index (χ0) is 23.2. The summed E-state index contributed by atoms with van der Waals surface area (Å²) in [6.07, 6.45) is 1.60. The van der Waals surface area contributed by atoms with E-state index < -0.39 is 5.60 Å². The molecule has 2 N–H and O–H groups in total. The molecule has 0 bridgehead atoms. The van der Waals surface area contributed by atoms with Crippen LogP contribution in [0, 0.1) is 5.92 Å². The molecule has 176 valence electrons. The molecule has 0 aromatic carbocycles. The van der Waals surface area contributed by atoms with Gasteiger partial charge < -0.3 is 20.3 Å². The van der Waals surface area contributed by atoms with Crippen LogP contribution in [0.1, 0.15) is 72.5 Å². The lowest BCUT2D eigenvalue weighted by Gasteiger charge is -2.27. The third-order valence-electron chi connectivity index (χ3n) is 4.93. The van der Waals surface area contributed by atoms with Crippen LogP contribution in [-0.4, -0.2) is 70.0 Å². The lowest BCUT2D eigenvalue weighted by molar-refractivity contribution is 0.0279. The Morgan fingerprint density at radius 3 is 2.68 bits per heavy atom. The predicted molar refractivity (Wildman–Crippen MR) is 123 cm³/mol. The number of hydrogen-bond donors (Lipinski definition) is 2. The lowest BCUT2D eigenvalue weighted by Crippen LogP contribution is -2.47. The standard InChI is InChI=1S/C22H41N7O2/c1-9-23-20(24-12-16(4)13-28(8)21(30)31-22(5,6)7)25-17-10-11-18-26-19(15(2)3)27-29(18)14-17/h15-17H,9-14H2,1-8H3,(H2,23,24,25). The molecule has 1 aromatic heterocycles. The van der Waals surface area contributed by atoms with Crippen molar-refractivity contribution in [1.29, 1.82) is 0 Å². The summed E-state index contributed by atoms with van der Waals surface area (Å²) in [6, 6.07) is 0.256. The minimum absolute atomic E-state index is 0.204. The van der Waals surface area contributed by atoms with E-state index in [2.05, 4.69) is 48.4 Å². The van der Waals surface area contributed by atoms with E-state index in [0.29, 0.717) is 19.0 Å². The molecular formula is C22H41N7O2. The van der Waals surface area contributed by atoms with Crippen LogP contribution in [0.4, 0.5) is 4.79 Å². The molecule has 9 heteroatoms. The van der Waals surface area contributed by atoms with Gasteiger partial charge >= 0.3 is 6.09 Å². The monoisotopic (exact) mass is 435 g/mol. The van der Waals surface area contributed by atoms with Gasteiger partial charge in [-0.3, -0.25) is 4.99 Å². The van der Waals surface area contributed by atoms with E-state index in [9.17, 15) is 4.79 Å². The molecule has 0 spiro atoms. The molecule has 2 unspecified atom stereocenters. The summed E-state index contributed by atoms with van der Waals surface area (Å²) in [5.41, 5.74) is -0.491. The first-order valence-corrected chi connectivity index (χ1v) is 11.4. The molecule has 0 fully saturated rings. The molecule has 9 nitrogen and oxygen atoms in total. The smallest absolute Gasteiger partial charge is 0.410 e. The van der Waals surface area contributed by atoms with Gasteiger partial charge in [0, 0.05) is 45.1 Å². The zero-order valence-electron chi connectivity index (χ0n) is 20.5. The van der Waals surface area contributed by atoms with E-state index in [-0.39, 0.29) is 18.1 Å². The van der Waals surface area contributed by atoms with Crippen molar-refractivity contribution in [2.45, 2.75) is 85.4 Å². The Morgan fingerprint density at radius 1 is 1.35 bits per heavy atom. The lowest BCUT2D eigenvalue weighted by atomic mass is 10.1. The molecule has 0 saturated heterocycles. The second kappa shape index (κ2) is 10.8. The van der Waals surface area contributed by atoms with Crippen molar-refractivity contribution in [2.75, 3.05) is 26.7 Å². The van der Waals surface area contributed by atoms with Crippen LogP contribution in [0.15, 0.2) is 4.99 Å². The van der Waals surface area contributed by atoms with Crippen LogP contribution >= 0.6 is 0 Å². The van der Waals surface area contributed by atoms with Crippen LogP contribution < -0.4 is 10.6 Å². The number of guanidine groups is 1. The molecule has 2 heterocycles. The van der Waals surface area contributed by atoms with Crippen molar-refractivity contribution in [3.05, 3.63) is 11.6 Å². The summed E-state index contributed by atoms with van der Waals surface area (Å²) >= 11 is 0. The van der Waals surface area contributed by atoms with E-state index in [1.165, 1.54) is 0 Å². The van der Waals surface area contributed by atoms with Crippen molar-refractivity contribution in [1.82, 2.24) is 30.3 Å². The van der Waals surface area contributed by atoms with Gasteiger partial charge in [0.05, 0.1) is 6.54 Å². The van der Waals surface area contributed by atoms with Gasteiger partial charge in [0.1, 0.15) is 11.4 Å². The number of aromatic nitrogens is 3. The van der Waals surface area contributed by atoms with E-state index >= 15 is 0 Å². The Kier molecular flexibility index (Phi) is 8.70. The molecule has 1 aromatic rings. The molecule has 1 aliphatic heterocycles. The van der Waals surface area contributed by atoms with Gasteiger partial charge in [0.15, 0.2) is 11.8 Å². The third kappa shape index (κ3) is 8.03. The number of nitrogens with zero attached hydrogens (tertiary/aromatic N) is 5. The molecule has 1 aliphatic rings. The first-order valence-electron chi connectivity index (χ1n) is 11.4. The van der Waals surface area contributed by atoms with Crippen molar-refractivity contribution in [3.8, 4) is 0 Å². The zero-order valence-corrected chi connectivity index (χ0v) is 20.5. The minimum atomic E-state index is -0.491. The van der Waals surface area contributed by atoms with Gasteiger partial charge in [-0.05, 0) is 40.0 Å². The maximum atomic E-state index is 12.2. The molecule has 2 atom stereocenters. The van der Waals surface area contributed by atoms with Crippen LogP contribution in [0.2, 0.25) is 0 Å². The fourth-order valence-corrected chi connectivity index (χ4v) is 3.39. The Morgan fingerprint density at radius 2 is 2.06 bits per heavy atom. The van der Waals surface area contributed by atoms with Crippen molar-refractivity contribution >= 4 is 12.1 Å². The molecule has 31 heavy (non-hydrogen) atoms. The van der Waals surface area contributed by atoms with E-state index in [1.807, 2.05) is 25.5 Å². The number of ether oxygens (including phenoxy) is 1. The molecule has 0 saturated carbocycles.